The second-order valence-corrected chi connectivity index (χ2v) is 13.6. The summed E-state index contributed by atoms with van der Waals surface area (Å²) >= 11 is 0. The largest absolute Gasteiger partial charge is 0.272 e. The molecule has 0 aromatic heterocycles. The number of nitrogens with zero attached hydrogens (tertiary/aromatic N) is 3. The van der Waals surface area contributed by atoms with Crippen molar-refractivity contribution >= 4 is 40.6 Å². The first-order valence-electron chi connectivity index (χ1n) is 16.8. The van der Waals surface area contributed by atoms with Gasteiger partial charge in [0.15, 0.2) is 11.4 Å². The van der Waals surface area contributed by atoms with Gasteiger partial charge in [-0.1, -0.05) is 66.7 Å². The molecule has 0 atom stereocenters. The molecule has 2 heterocycles. The van der Waals surface area contributed by atoms with Crippen molar-refractivity contribution in [2.75, 3.05) is 13.1 Å². The number of benzene rings is 4. The van der Waals surface area contributed by atoms with Crippen molar-refractivity contribution in [1.82, 2.24) is 0 Å². The van der Waals surface area contributed by atoms with Gasteiger partial charge in [-0.15, -0.1) is 0 Å². The van der Waals surface area contributed by atoms with E-state index in [1.165, 1.54) is 39.5 Å². The van der Waals surface area contributed by atoms with Crippen LogP contribution in [0.2, 0.25) is 0 Å². The maximum absolute atomic E-state index is 11.7. The maximum Gasteiger partial charge on any atom is 0.272 e. The highest BCUT2D eigenvalue weighted by Gasteiger charge is 2.44. The number of aryl methyl sites for hydroxylation is 2. The summed E-state index contributed by atoms with van der Waals surface area (Å²) in [5, 5.41) is 11.7. The van der Waals surface area contributed by atoms with Crippen LogP contribution in [0.4, 0.5) is 17.1 Å². The van der Waals surface area contributed by atoms with Crippen LogP contribution in [0.3, 0.4) is 0 Å². The number of allylic oxidation sites excluding steroid dienone is 2. The van der Waals surface area contributed by atoms with Crippen molar-refractivity contribution in [2.45, 2.75) is 65.2 Å². The van der Waals surface area contributed by atoms with Gasteiger partial charge in [-0.05, 0) is 89.3 Å². The average Bonchev–Trinajstić information content (AvgIpc) is 3.43. The monoisotopic (exact) mass is 623 g/mol. The van der Waals surface area contributed by atoms with Gasteiger partial charge in [0.1, 0.15) is 13.1 Å². The average molecular weight is 624 g/mol. The van der Waals surface area contributed by atoms with Crippen LogP contribution in [0.1, 0.15) is 74.9 Å². The summed E-state index contributed by atoms with van der Waals surface area (Å²) in [5.41, 5.74) is 11.9. The molecule has 0 spiro atoms. The summed E-state index contributed by atoms with van der Waals surface area (Å²) in [4.78, 5) is 11.4. The molecule has 4 aromatic rings. The van der Waals surface area contributed by atoms with Crippen LogP contribution in [0.25, 0.3) is 12.2 Å². The van der Waals surface area contributed by atoms with Gasteiger partial charge in [0.25, 0.3) is 5.69 Å². The van der Waals surface area contributed by atoms with Gasteiger partial charge >= 0.3 is 0 Å². The molecule has 0 N–H and O–H groups in total. The summed E-state index contributed by atoms with van der Waals surface area (Å²) in [7, 11) is 0. The summed E-state index contributed by atoms with van der Waals surface area (Å²) in [6.07, 6.45) is 10.3. The van der Waals surface area contributed by atoms with Gasteiger partial charge in [-0.2, -0.15) is 9.15 Å². The van der Waals surface area contributed by atoms with Crippen molar-refractivity contribution in [1.29, 1.82) is 0 Å². The van der Waals surface area contributed by atoms with Crippen molar-refractivity contribution in [2.24, 2.45) is 0 Å². The summed E-state index contributed by atoms with van der Waals surface area (Å²) in [6, 6.07) is 31.1. The molecular weight excluding hydrogens is 578 g/mol. The smallest absolute Gasteiger partial charge is 0.258 e. The number of hydrogen-bond acceptors (Lipinski definition) is 2. The molecule has 238 valence electrons. The highest BCUT2D eigenvalue weighted by atomic mass is 16.6. The lowest BCUT2D eigenvalue weighted by Crippen LogP contribution is -2.27. The zero-order valence-electron chi connectivity index (χ0n) is 28.5. The molecule has 0 saturated heterocycles. The fraction of sp³-hybridized carbons (Fsp3) is 0.286. The van der Waals surface area contributed by atoms with Crippen molar-refractivity contribution in [3.63, 3.8) is 0 Å². The first kappa shape index (κ1) is 32.1. The van der Waals surface area contributed by atoms with Gasteiger partial charge in [-0.3, -0.25) is 10.1 Å². The number of fused-ring (bicyclic) bond motifs is 2. The molecule has 0 amide bonds. The zero-order valence-corrected chi connectivity index (χ0v) is 28.5. The van der Waals surface area contributed by atoms with E-state index in [9.17, 15) is 10.1 Å². The predicted molar refractivity (Wildman–Crippen MR) is 195 cm³/mol. The second kappa shape index (κ2) is 12.7. The Hall–Kier alpha value is -4.90. The van der Waals surface area contributed by atoms with E-state index < -0.39 is 0 Å². The molecule has 6 rings (SSSR count). The Kier molecular flexibility index (Phi) is 8.67. The molecule has 0 bridgehead atoms. The molecule has 0 unspecified atom stereocenters. The van der Waals surface area contributed by atoms with Gasteiger partial charge < -0.3 is 0 Å². The molecular formula is C42H45N3O2+2. The third-order valence-corrected chi connectivity index (χ3v) is 10.1. The van der Waals surface area contributed by atoms with E-state index in [1.807, 2.05) is 12.1 Å². The minimum absolute atomic E-state index is 0.0977. The van der Waals surface area contributed by atoms with Crippen LogP contribution >= 0.6 is 0 Å². The number of hydrogen-bond donors (Lipinski definition) is 0. The number of para-hydroxylation sites is 3. The first-order valence-corrected chi connectivity index (χ1v) is 16.8. The second-order valence-electron chi connectivity index (χ2n) is 13.6. The summed E-state index contributed by atoms with van der Waals surface area (Å²) < 4.78 is 4.84. The molecule has 2 aliphatic rings. The number of nitro benzene ring substituents is 1. The Morgan fingerprint density at radius 1 is 0.638 bits per heavy atom. The van der Waals surface area contributed by atoms with E-state index in [0.29, 0.717) is 12.8 Å². The summed E-state index contributed by atoms with van der Waals surface area (Å²) in [5.74, 6) is 0. The van der Waals surface area contributed by atoms with Crippen LogP contribution in [0.5, 0.6) is 0 Å². The zero-order chi connectivity index (χ0) is 33.3. The van der Waals surface area contributed by atoms with Crippen LogP contribution in [-0.4, -0.2) is 38.6 Å². The van der Waals surface area contributed by atoms with E-state index in [-0.39, 0.29) is 21.4 Å². The predicted octanol–water partition coefficient (Wildman–Crippen LogP) is 9.60. The van der Waals surface area contributed by atoms with Gasteiger partial charge in [0, 0.05) is 47.0 Å². The van der Waals surface area contributed by atoms with E-state index >= 15 is 0 Å². The molecule has 0 fully saturated rings. The van der Waals surface area contributed by atoms with Crippen molar-refractivity contribution < 1.29 is 14.1 Å². The van der Waals surface area contributed by atoms with E-state index in [0.717, 1.165) is 29.8 Å². The third kappa shape index (κ3) is 5.80. The fourth-order valence-electron chi connectivity index (χ4n) is 7.58. The quantitative estimate of drug-likeness (QED) is 0.100. The third-order valence-electron chi connectivity index (χ3n) is 10.1. The minimum Gasteiger partial charge on any atom is -0.258 e. The van der Waals surface area contributed by atoms with Gasteiger partial charge in [0.2, 0.25) is 11.4 Å². The van der Waals surface area contributed by atoms with Crippen molar-refractivity contribution in [3.8, 4) is 0 Å². The molecule has 0 saturated carbocycles. The lowest BCUT2D eigenvalue weighted by atomic mass is 9.81. The Balaban J connectivity index is 1.39. The van der Waals surface area contributed by atoms with E-state index in [4.69, 9.17) is 0 Å². The van der Waals surface area contributed by atoms with Crippen LogP contribution < -0.4 is 0 Å². The number of rotatable bonds is 10. The highest BCUT2D eigenvalue weighted by molar-refractivity contribution is 6.06. The lowest BCUT2D eigenvalue weighted by molar-refractivity contribution is -0.433. The standard InChI is InChI=1S/C42H45N3O2/c1-7-43-37-19-13-10-16-34(37)41(3,4)39(43)27-22-30-21-23-31(24-25-32-15-9-12-18-36(32)45(46)47)33(29-30)26-28-40-42(5,6)35-17-11-14-20-38(35)44(40)8-2/h9-23,26-29H,7-8,24-25H2,1-6H3/q+2/b27-22+,28-26+. The normalized spacial score (nSPS) is 16.4. The first-order chi connectivity index (χ1) is 22.6. The maximum atomic E-state index is 11.7. The molecule has 5 nitrogen and oxygen atoms in total. The highest BCUT2D eigenvalue weighted by Crippen LogP contribution is 2.41. The number of nitro groups is 1. The molecule has 5 heteroatoms. The van der Waals surface area contributed by atoms with E-state index in [2.05, 4.69) is 142 Å². The van der Waals surface area contributed by atoms with Gasteiger partial charge in [0.05, 0.1) is 15.8 Å². The Bertz CT molecular complexity index is 1990. The Morgan fingerprint density at radius 3 is 1.72 bits per heavy atom. The van der Waals surface area contributed by atoms with Crippen LogP contribution in [0.15, 0.2) is 103 Å². The minimum atomic E-state index is -0.278. The SMILES string of the molecule is CC[N+]1=C(/C=C/c2ccc(CCc3ccccc3[N+](=O)[O-])c(/C=C/C3=[N+](CC)c4ccccc4C3(C)C)c2)C(C)(C)c2ccccc21. The van der Waals surface area contributed by atoms with Crippen LogP contribution in [0, 0.1) is 10.1 Å². The Labute approximate surface area is 279 Å². The molecule has 4 aromatic carbocycles. The summed E-state index contributed by atoms with van der Waals surface area (Å²) in [6.45, 7) is 15.4. The Morgan fingerprint density at radius 2 is 1.15 bits per heavy atom. The molecule has 2 aliphatic heterocycles. The van der Waals surface area contributed by atoms with Crippen LogP contribution in [-0.2, 0) is 23.7 Å². The molecule has 0 radical (unpaired) electrons. The van der Waals surface area contributed by atoms with E-state index in [1.54, 1.807) is 12.1 Å². The van der Waals surface area contributed by atoms with Crippen molar-refractivity contribution in [3.05, 3.63) is 147 Å². The fourth-order valence-corrected chi connectivity index (χ4v) is 7.58. The van der Waals surface area contributed by atoms with Gasteiger partial charge in [-0.25, -0.2) is 0 Å². The molecule has 0 aliphatic carbocycles. The topological polar surface area (TPSA) is 49.2 Å². The molecule has 47 heavy (non-hydrogen) atoms. The lowest BCUT2D eigenvalue weighted by Gasteiger charge is -2.16.